The lowest BCUT2D eigenvalue weighted by Gasteiger charge is -2.28. The van der Waals surface area contributed by atoms with Crippen molar-refractivity contribution in [1.82, 2.24) is 0 Å². The van der Waals surface area contributed by atoms with Gasteiger partial charge in [-0.2, -0.15) is 0 Å². The molecule has 26 heavy (non-hydrogen) atoms. The number of ether oxygens (including phenoxy) is 3. The van der Waals surface area contributed by atoms with Crippen molar-refractivity contribution in [2.45, 2.75) is 43.8 Å². The van der Waals surface area contributed by atoms with E-state index >= 15 is 0 Å². The van der Waals surface area contributed by atoms with Gasteiger partial charge < -0.3 is 14.2 Å². The number of hydrogen-bond donors (Lipinski definition) is 0. The van der Waals surface area contributed by atoms with Crippen LogP contribution in [0.25, 0.3) is 0 Å². The van der Waals surface area contributed by atoms with Crippen LogP contribution in [0.5, 0.6) is 0 Å². The molecule has 3 rings (SSSR count). The summed E-state index contributed by atoms with van der Waals surface area (Å²) in [7, 11) is 0.708. The highest BCUT2D eigenvalue weighted by Gasteiger charge is 2.32. The molecule has 1 saturated heterocycles. The molecular weight excluding hydrogens is 354 g/mol. The van der Waals surface area contributed by atoms with E-state index in [1.54, 1.807) is 18.3 Å². The summed E-state index contributed by atoms with van der Waals surface area (Å²) in [6.45, 7) is 0.935. The topological polar surface area (TPSA) is 65.1 Å². The minimum atomic E-state index is -0.896. The van der Waals surface area contributed by atoms with Crippen molar-refractivity contribution in [3.63, 3.8) is 0 Å². The van der Waals surface area contributed by atoms with E-state index in [1.165, 1.54) is 5.56 Å². The maximum absolute atomic E-state index is 12.0. The van der Waals surface area contributed by atoms with Crippen LogP contribution in [-0.2, 0) is 25.0 Å². The zero-order chi connectivity index (χ0) is 18.5. The molecule has 7 heteroatoms. The van der Waals surface area contributed by atoms with Gasteiger partial charge in [-0.1, -0.05) is 12.1 Å². The van der Waals surface area contributed by atoms with Crippen molar-refractivity contribution in [1.29, 1.82) is 0 Å². The normalized spacial score (nSPS) is 27.4. The SMILES string of the molecule is COC[C@H]1CN(c2ccc(C3CCC(OCS(C)=O)CC3)cc2)C(=O)O1. The largest absolute Gasteiger partial charge is 0.441 e. The second-order valence-electron chi connectivity index (χ2n) is 6.99. The first kappa shape index (κ1) is 19.3. The van der Waals surface area contributed by atoms with Crippen LogP contribution in [0.1, 0.15) is 37.2 Å². The molecular formula is C19H27NO5S. The first-order valence-corrected chi connectivity index (χ1v) is 10.8. The molecule has 2 aliphatic rings. The molecule has 6 nitrogen and oxygen atoms in total. The van der Waals surface area contributed by atoms with Crippen molar-refractivity contribution in [2.24, 2.45) is 0 Å². The fourth-order valence-corrected chi connectivity index (χ4v) is 4.07. The summed E-state index contributed by atoms with van der Waals surface area (Å²) in [5.74, 6) is 0.850. The summed E-state index contributed by atoms with van der Waals surface area (Å²) in [4.78, 5) is 13.7. The average Bonchev–Trinajstić information content (AvgIpc) is 3.01. The van der Waals surface area contributed by atoms with Crippen LogP contribution in [0.4, 0.5) is 10.5 Å². The van der Waals surface area contributed by atoms with Crippen LogP contribution in [0.2, 0.25) is 0 Å². The Morgan fingerprint density at radius 3 is 2.50 bits per heavy atom. The van der Waals surface area contributed by atoms with E-state index in [9.17, 15) is 9.00 Å². The van der Waals surface area contributed by atoms with Gasteiger partial charge in [0.15, 0.2) is 0 Å². The molecule has 0 radical (unpaired) electrons. The maximum Gasteiger partial charge on any atom is 0.414 e. The second-order valence-corrected chi connectivity index (χ2v) is 8.38. The van der Waals surface area contributed by atoms with E-state index in [2.05, 4.69) is 12.1 Å². The molecule has 1 heterocycles. The van der Waals surface area contributed by atoms with Crippen LogP contribution in [0, 0.1) is 0 Å². The van der Waals surface area contributed by atoms with Crippen LogP contribution in [0.3, 0.4) is 0 Å². The highest BCUT2D eigenvalue weighted by molar-refractivity contribution is 7.84. The second kappa shape index (κ2) is 8.97. The van der Waals surface area contributed by atoms with Gasteiger partial charge in [-0.05, 0) is 49.3 Å². The Morgan fingerprint density at radius 1 is 1.19 bits per heavy atom. The van der Waals surface area contributed by atoms with Crippen molar-refractivity contribution in [3.05, 3.63) is 29.8 Å². The molecule has 1 aliphatic heterocycles. The first-order chi connectivity index (χ1) is 12.6. The van der Waals surface area contributed by atoms with Gasteiger partial charge in [0.1, 0.15) is 12.0 Å². The number of carbonyl (C=O) groups is 1. The standard InChI is InChI=1S/C19H27NO5S/c1-23-12-18-11-20(19(21)25-18)16-7-3-14(4-8-16)15-5-9-17(10-6-15)24-13-26(2)22/h3-4,7-8,15,17-18H,5-6,9-13H2,1-2H3/t15?,17?,18-,26?/m1/s1. The summed E-state index contributed by atoms with van der Waals surface area (Å²) in [5.41, 5.74) is 2.16. The van der Waals surface area contributed by atoms with Gasteiger partial charge in [0.25, 0.3) is 0 Å². The molecule has 2 atom stereocenters. The van der Waals surface area contributed by atoms with Crippen molar-refractivity contribution >= 4 is 22.6 Å². The number of nitrogens with zero attached hydrogens (tertiary/aromatic N) is 1. The molecule has 144 valence electrons. The monoisotopic (exact) mass is 381 g/mol. The third-order valence-electron chi connectivity index (χ3n) is 5.05. The number of anilines is 1. The number of benzene rings is 1. The number of methoxy groups -OCH3 is 1. The quantitative estimate of drug-likeness (QED) is 0.726. The Labute approximate surface area is 157 Å². The van der Waals surface area contributed by atoms with Gasteiger partial charge in [0, 0.05) is 29.9 Å². The molecule has 1 saturated carbocycles. The van der Waals surface area contributed by atoms with Crippen molar-refractivity contribution in [2.75, 3.05) is 37.4 Å². The molecule has 1 unspecified atom stereocenters. The fraction of sp³-hybridized carbons (Fsp3) is 0.632. The van der Waals surface area contributed by atoms with Crippen LogP contribution < -0.4 is 4.90 Å². The highest BCUT2D eigenvalue weighted by atomic mass is 32.2. The van der Waals surface area contributed by atoms with Crippen molar-refractivity contribution in [3.8, 4) is 0 Å². The third-order valence-corrected chi connectivity index (χ3v) is 5.51. The van der Waals surface area contributed by atoms with E-state index < -0.39 is 10.8 Å². The van der Waals surface area contributed by atoms with Gasteiger partial charge >= 0.3 is 6.09 Å². The lowest BCUT2D eigenvalue weighted by Crippen LogP contribution is -2.25. The molecule has 1 aromatic carbocycles. The molecule has 0 N–H and O–H groups in total. The molecule has 0 bridgehead atoms. The van der Waals surface area contributed by atoms with E-state index in [0.29, 0.717) is 25.0 Å². The van der Waals surface area contributed by atoms with Gasteiger partial charge in [-0.3, -0.25) is 9.11 Å². The summed E-state index contributed by atoms with van der Waals surface area (Å²) in [6, 6.07) is 8.21. The maximum atomic E-state index is 12.0. The van der Waals surface area contributed by atoms with Gasteiger partial charge in [0.2, 0.25) is 0 Å². The number of rotatable bonds is 7. The summed E-state index contributed by atoms with van der Waals surface area (Å²) < 4.78 is 27.2. The minimum absolute atomic E-state index is 0.208. The Hall–Kier alpha value is -1.44. The van der Waals surface area contributed by atoms with Crippen LogP contribution in [-0.4, -0.2) is 55.0 Å². The van der Waals surface area contributed by atoms with Gasteiger partial charge in [0.05, 0.1) is 19.3 Å². The number of hydrogen-bond acceptors (Lipinski definition) is 5. The summed E-state index contributed by atoms with van der Waals surface area (Å²) in [6.07, 6.45) is 5.52. The lowest BCUT2D eigenvalue weighted by atomic mass is 9.82. The summed E-state index contributed by atoms with van der Waals surface area (Å²) in [5, 5.41) is 0. The van der Waals surface area contributed by atoms with E-state index in [0.717, 1.165) is 31.4 Å². The molecule has 1 aromatic rings. The molecule has 1 aliphatic carbocycles. The number of amides is 1. The van der Waals surface area contributed by atoms with E-state index in [-0.39, 0.29) is 18.3 Å². The minimum Gasteiger partial charge on any atom is -0.441 e. The zero-order valence-corrected chi connectivity index (χ0v) is 16.2. The average molecular weight is 381 g/mol. The number of carbonyl (C=O) groups excluding carboxylic acids is 1. The predicted molar refractivity (Wildman–Crippen MR) is 101 cm³/mol. The Morgan fingerprint density at radius 2 is 1.88 bits per heavy atom. The summed E-state index contributed by atoms with van der Waals surface area (Å²) >= 11 is 0. The number of cyclic esters (lactones) is 1. The molecule has 0 spiro atoms. The Balaban J connectivity index is 1.54. The third kappa shape index (κ3) is 4.84. The lowest BCUT2D eigenvalue weighted by molar-refractivity contribution is 0.0540. The fourth-order valence-electron chi connectivity index (χ4n) is 3.69. The predicted octanol–water partition coefficient (Wildman–Crippen LogP) is 3.04. The molecule has 2 fully saturated rings. The van der Waals surface area contributed by atoms with Gasteiger partial charge in [-0.25, -0.2) is 4.79 Å². The van der Waals surface area contributed by atoms with E-state index in [4.69, 9.17) is 14.2 Å². The highest BCUT2D eigenvalue weighted by Crippen LogP contribution is 2.35. The Bertz CT molecular complexity index is 627. The van der Waals surface area contributed by atoms with Crippen LogP contribution >= 0.6 is 0 Å². The van der Waals surface area contributed by atoms with Crippen LogP contribution in [0.15, 0.2) is 24.3 Å². The first-order valence-electron chi connectivity index (χ1n) is 9.05. The molecule has 0 aromatic heterocycles. The smallest absolute Gasteiger partial charge is 0.414 e. The molecule has 1 amide bonds. The van der Waals surface area contributed by atoms with Gasteiger partial charge in [-0.15, -0.1) is 0 Å². The zero-order valence-electron chi connectivity index (χ0n) is 15.4. The van der Waals surface area contributed by atoms with Crippen molar-refractivity contribution < 1.29 is 23.2 Å². The Kier molecular flexibility index (Phi) is 6.67. The van der Waals surface area contributed by atoms with E-state index in [1.807, 2.05) is 12.1 Å².